The van der Waals surface area contributed by atoms with E-state index in [4.69, 9.17) is 0 Å². The molecule has 0 radical (unpaired) electrons. The molecule has 106 valence electrons. The topological polar surface area (TPSA) is 37.8 Å². The van der Waals surface area contributed by atoms with E-state index in [0.29, 0.717) is 0 Å². The van der Waals surface area contributed by atoms with Crippen LogP contribution >= 0.6 is 15.9 Å². The first-order chi connectivity index (χ1) is 9.52. The molecule has 0 aliphatic carbocycles. The van der Waals surface area contributed by atoms with Crippen molar-refractivity contribution in [3.05, 3.63) is 39.5 Å². The summed E-state index contributed by atoms with van der Waals surface area (Å²) in [4.78, 5) is 9.13. The summed E-state index contributed by atoms with van der Waals surface area (Å²) >= 11 is 3.49. The van der Waals surface area contributed by atoms with Gasteiger partial charge in [-0.1, -0.05) is 24.6 Å². The van der Waals surface area contributed by atoms with Crippen molar-refractivity contribution in [2.24, 2.45) is 0 Å². The highest BCUT2D eigenvalue weighted by molar-refractivity contribution is 9.10. The molecule has 1 aromatic heterocycles. The number of nitrogens with zero attached hydrogens (tertiary/aromatic N) is 2. The molecule has 1 aromatic carbocycles. The highest BCUT2D eigenvalue weighted by atomic mass is 79.9. The van der Waals surface area contributed by atoms with Crippen LogP contribution < -0.4 is 5.32 Å². The van der Waals surface area contributed by atoms with Crippen LogP contribution in [0.15, 0.2) is 22.8 Å². The highest BCUT2D eigenvalue weighted by Gasteiger charge is 2.12. The van der Waals surface area contributed by atoms with E-state index in [-0.39, 0.29) is 0 Å². The highest BCUT2D eigenvalue weighted by Crippen LogP contribution is 2.28. The van der Waals surface area contributed by atoms with Crippen LogP contribution in [0.2, 0.25) is 0 Å². The summed E-state index contributed by atoms with van der Waals surface area (Å²) in [7, 11) is 0. The monoisotopic (exact) mass is 333 g/mol. The molecule has 0 saturated heterocycles. The van der Waals surface area contributed by atoms with Crippen molar-refractivity contribution in [3.8, 4) is 11.4 Å². The number of hydrogen-bond donors (Lipinski definition) is 1. The second-order valence-corrected chi connectivity index (χ2v) is 5.94. The summed E-state index contributed by atoms with van der Waals surface area (Å²) < 4.78 is 0.900. The smallest absolute Gasteiger partial charge is 0.162 e. The van der Waals surface area contributed by atoms with Gasteiger partial charge in [0.05, 0.1) is 4.47 Å². The van der Waals surface area contributed by atoms with E-state index in [1.807, 2.05) is 6.20 Å². The molecule has 1 N–H and O–H groups in total. The van der Waals surface area contributed by atoms with Gasteiger partial charge >= 0.3 is 0 Å². The molecule has 0 atom stereocenters. The zero-order chi connectivity index (χ0) is 14.7. The van der Waals surface area contributed by atoms with Gasteiger partial charge in [0.1, 0.15) is 5.82 Å². The number of anilines is 1. The van der Waals surface area contributed by atoms with E-state index in [1.54, 1.807) is 0 Å². The predicted molar refractivity (Wildman–Crippen MR) is 88.2 cm³/mol. The molecule has 0 fully saturated rings. The molecular formula is C16H20BrN3. The number of hydrogen-bond acceptors (Lipinski definition) is 3. The van der Waals surface area contributed by atoms with Crippen molar-refractivity contribution in [1.29, 1.82) is 0 Å². The Labute approximate surface area is 129 Å². The van der Waals surface area contributed by atoms with Gasteiger partial charge in [-0.15, -0.1) is 0 Å². The van der Waals surface area contributed by atoms with Gasteiger partial charge in [-0.3, -0.25) is 0 Å². The fraction of sp³-hybridized carbons (Fsp3) is 0.375. The van der Waals surface area contributed by atoms with Gasteiger partial charge in [0.25, 0.3) is 0 Å². The summed E-state index contributed by atoms with van der Waals surface area (Å²) in [6.07, 6.45) is 2.88. The summed E-state index contributed by atoms with van der Waals surface area (Å²) in [6, 6.07) is 4.35. The molecule has 0 aliphatic heterocycles. The Balaban J connectivity index is 2.48. The van der Waals surface area contributed by atoms with E-state index in [9.17, 15) is 0 Å². The molecule has 20 heavy (non-hydrogen) atoms. The minimum absolute atomic E-state index is 0.779. The van der Waals surface area contributed by atoms with E-state index in [2.05, 4.69) is 71.0 Å². The van der Waals surface area contributed by atoms with Gasteiger partial charge in [-0.05, 0) is 54.2 Å². The number of halogens is 1. The number of aryl methyl sites for hydroxylation is 3. The maximum atomic E-state index is 4.66. The van der Waals surface area contributed by atoms with Crippen molar-refractivity contribution < 1.29 is 0 Å². The van der Waals surface area contributed by atoms with E-state index >= 15 is 0 Å². The van der Waals surface area contributed by atoms with Crippen molar-refractivity contribution in [2.75, 3.05) is 11.9 Å². The molecule has 0 bridgehead atoms. The Morgan fingerprint density at radius 2 is 1.80 bits per heavy atom. The summed E-state index contributed by atoms with van der Waals surface area (Å²) in [5, 5.41) is 3.33. The Hall–Kier alpha value is -1.42. The molecule has 0 aliphatic rings. The van der Waals surface area contributed by atoms with Gasteiger partial charge in [0, 0.05) is 18.3 Å². The standard InChI is InChI=1S/C16H20BrN3/c1-5-6-18-15-13(17)9-19-16(20-15)14-11(3)7-10(2)8-12(14)4/h7-9H,5-6H2,1-4H3,(H,18,19,20). The second-order valence-electron chi connectivity index (χ2n) is 5.09. The summed E-state index contributed by atoms with van der Waals surface area (Å²) in [6.45, 7) is 9.37. The van der Waals surface area contributed by atoms with E-state index < -0.39 is 0 Å². The molecule has 2 aromatic rings. The van der Waals surface area contributed by atoms with E-state index in [0.717, 1.165) is 34.6 Å². The lowest BCUT2D eigenvalue weighted by molar-refractivity contribution is 0.963. The Bertz CT molecular complexity index is 600. The number of aromatic nitrogens is 2. The normalized spacial score (nSPS) is 10.7. The Morgan fingerprint density at radius 3 is 2.40 bits per heavy atom. The van der Waals surface area contributed by atoms with Crippen LogP contribution in [0.3, 0.4) is 0 Å². The lowest BCUT2D eigenvalue weighted by Crippen LogP contribution is -2.05. The number of rotatable bonds is 4. The van der Waals surface area contributed by atoms with Crippen molar-refractivity contribution in [1.82, 2.24) is 9.97 Å². The molecule has 0 amide bonds. The second kappa shape index (κ2) is 6.35. The van der Waals surface area contributed by atoms with Crippen molar-refractivity contribution in [3.63, 3.8) is 0 Å². The third-order valence-corrected chi connectivity index (χ3v) is 3.77. The van der Waals surface area contributed by atoms with Crippen LogP contribution in [-0.2, 0) is 0 Å². The van der Waals surface area contributed by atoms with E-state index in [1.165, 1.54) is 16.7 Å². The molecule has 0 spiro atoms. The molecule has 0 unspecified atom stereocenters. The van der Waals surface area contributed by atoms with Crippen LogP contribution in [0, 0.1) is 20.8 Å². The predicted octanol–water partition coefficient (Wildman–Crippen LogP) is 4.65. The van der Waals surface area contributed by atoms with Crippen LogP contribution in [-0.4, -0.2) is 16.5 Å². The quantitative estimate of drug-likeness (QED) is 0.884. The molecule has 4 heteroatoms. The Kier molecular flexibility index (Phi) is 4.76. The lowest BCUT2D eigenvalue weighted by atomic mass is 9.99. The first-order valence-electron chi connectivity index (χ1n) is 6.87. The van der Waals surface area contributed by atoms with Crippen molar-refractivity contribution >= 4 is 21.7 Å². The van der Waals surface area contributed by atoms with Gasteiger partial charge < -0.3 is 5.32 Å². The largest absolute Gasteiger partial charge is 0.369 e. The third kappa shape index (κ3) is 3.18. The maximum absolute atomic E-state index is 4.66. The summed E-state index contributed by atoms with van der Waals surface area (Å²) in [5.74, 6) is 1.64. The minimum Gasteiger partial charge on any atom is -0.369 e. The molecule has 2 rings (SSSR count). The fourth-order valence-corrected chi connectivity index (χ4v) is 2.72. The molecule has 0 saturated carbocycles. The average molecular weight is 334 g/mol. The fourth-order valence-electron chi connectivity index (χ4n) is 2.39. The van der Waals surface area contributed by atoms with Crippen LogP contribution in [0.25, 0.3) is 11.4 Å². The van der Waals surface area contributed by atoms with Crippen molar-refractivity contribution in [2.45, 2.75) is 34.1 Å². The SMILES string of the molecule is CCCNc1nc(-c2c(C)cc(C)cc2C)ncc1Br. The molecule has 3 nitrogen and oxygen atoms in total. The van der Waals surface area contributed by atoms with Gasteiger partial charge in [0.2, 0.25) is 0 Å². The van der Waals surface area contributed by atoms with Crippen LogP contribution in [0.5, 0.6) is 0 Å². The lowest BCUT2D eigenvalue weighted by Gasteiger charge is -2.12. The van der Waals surface area contributed by atoms with Gasteiger partial charge in [0.15, 0.2) is 5.82 Å². The molecular weight excluding hydrogens is 314 g/mol. The Morgan fingerprint density at radius 1 is 1.15 bits per heavy atom. The van der Waals surface area contributed by atoms with Gasteiger partial charge in [-0.2, -0.15) is 0 Å². The van der Waals surface area contributed by atoms with Crippen LogP contribution in [0.1, 0.15) is 30.0 Å². The zero-order valence-corrected chi connectivity index (χ0v) is 14.0. The van der Waals surface area contributed by atoms with Gasteiger partial charge in [-0.25, -0.2) is 9.97 Å². The maximum Gasteiger partial charge on any atom is 0.162 e. The van der Waals surface area contributed by atoms with Crippen LogP contribution in [0.4, 0.5) is 5.82 Å². The molecule has 1 heterocycles. The number of benzene rings is 1. The summed E-state index contributed by atoms with van der Waals surface area (Å²) in [5.41, 5.74) is 4.82. The first-order valence-corrected chi connectivity index (χ1v) is 7.67. The third-order valence-electron chi connectivity index (χ3n) is 3.19. The average Bonchev–Trinajstić information content (AvgIpc) is 2.38. The minimum atomic E-state index is 0.779. The number of nitrogens with one attached hydrogen (secondary N) is 1. The first kappa shape index (κ1) is 15.0. The zero-order valence-electron chi connectivity index (χ0n) is 12.4.